The van der Waals surface area contributed by atoms with E-state index in [1.54, 1.807) is 7.11 Å². The van der Waals surface area contributed by atoms with Crippen LogP contribution in [0.25, 0.3) is 0 Å². The number of hydrogen-bond donors (Lipinski definition) is 1. The largest absolute Gasteiger partial charge is 0.496 e. The van der Waals surface area contributed by atoms with Gasteiger partial charge in [-0.25, -0.2) is 0 Å². The molecule has 0 aliphatic heterocycles. The topological polar surface area (TPSA) is 29.5 Å². The highest BCUT2D eigenvalue weighted by molar-refractivity contribution is 5.38. The van der Waals surface area contributed by atoms with E-state index in [-0.39, 0.29) is 0 Å². The van der Waals surface area contributed by atoms with Crippen molar-refractivity contribution in [2.45, 2.75) is 44.1 Å². The van der Waals surface area contributed by atoms with Crippen molar-refractivity contribution in [3.8, 4) is 5.75 Å². The Hall–Kier alpha value is -1.02. The molecular formula is C14H20O2. The van der Waals surface area contributed by atoms with E-state index in [1.165, 1.54) is 12.8 Å². The van der Waals surface area contributed by atoms with Crippen LogP contribution in [0.2, 0.25) is 0 Å². The molecular weight excluding hydrogens is 200 g/mol. The maximum absolute atomic E-state index is 10.8. The molecule has 0 unspecified atom stereocenters. The number of rotatable bonds is 2. The van der Waals surface area contributed by atoms with Gasteiger partial charge in [-0.1, -0.05) is 43.9 Å². The first-order valence-corrected chi connectivity index (χ1v) is 6.12. The lowest BCUT2D eigenvalue weighted by Crippen LogP contribution is -2.25. The summed E-state index contributed by atoms with van der Waals surface area (Å²) >= 11 is 0. The van der Waals surface area contributed by atoms with Crippen molar-refractivity contribution < 1.29 is 9.84 Å². The second-order valence-electron chi connectivity index (χ2n) is 4.65. The highest BCUT2D eigenvalue weighted by atomic mass is 16.5. The van der Waals surface area contributed by atoms with Gasteiger partial charge in [0.1, 0.15) is 5.75 Å². The summed E-state index contributed by atoms with van der Waals surface area (Å²) in [4.78, 5) is 0. The Bertz CT molecular complexity index is 338. The fraction of sp³-hybridized carbons (Fsp3) is 0.571. The van der Waals surface area contributed by atoms with Crippen molar-refractivity contribution in [1.29, 1.82) is 0 Å². The predicted molar refractivity (Wildman–Crippen MR) is 64.6 cm³/mol. The van der Waals surface area contributed by atoms with E-state index < -0.39 is 5.60 Å². The Kier molecular flexibility index (Phi) is 3.49. The molecule has 0 bridgehead atoms. The van der Waals surface area contributed by atoms with Crippen LogP contribution in [0.5, 0.6) is 5.75 Å². The van der Waals surface area contributed by atoms with Crippen molar-refractivity contribution in [1.82, 2.24) is 0 Å². The molecule has 2 heteroatoms. The van der Waals surface area contributed by atoms with Crippen molar-refractivity contribution in [2.24, 2.45) is 0 Å². The fourth-order valence-electron chi connectivity index (χ4n) is 2.61. The minimum Gasteiger partial charge on any atom is -0.496 e. The van der Waals surface area contributed by atoms with Crippen LogP contribution < -0.4 is 4.74 Å². The Morgan fingerprint density at radius 3 is 2.31 bits per heavy atom. The molecule has 16 heavy (non-hydrogen) atoms. The van der Waals surface area contributed by atoms with Gasteiger partial charge in [0.2, 0.25) is 0 Å². The molecule has 1 aromatic rings. The maximum atomic E-state index is 10.8. The van der Waals surface area contributed by atoms with Gasteiger partial charge in [0.15, 0.2) is 0 Å². The molecule has 0 heterocycles. The lowest BCUT2D eigenvalue weighted by Gasteiger charge is -2.28. The average Bonchev–Trinajstić information content (AvgIpc) is 2.55. The highest BCUT2D eigenvalue weighted by Gasteiger charge is 2.32. The van der Waals surface area contributed by atoms with Gasteiger partial charge in [0.05, 0.1) is 12.7 Å². The molecule has 0 amide bonds. The third-order valence-corrected chi connectivity index (χ3v) is 3.54. The smallest absolute Gasteiger partial charge is 0.124 e. The summed E-state index contributed by atoms with van der Waals surface area (Å²) in [5.74, 6) is 0.812. The van der Waals surface area contributed by atoms with Crippen molar-refractivity contribution in [3.05, 3.63) is 29.8 Å². The van der Waals surface area contributed by atoms with Crippen LogP contribution in [0.1, 0.15) is 44.1 Å². The second-order valence-corrected chi connectivity index (χ2v) is 4.65. The zero-order valence-corrected chi connectivity index (χ0v) is 9.91. The first-order chi connectivity index (χ1) is 7.76. The quantitative estimate of drug-likeness (QED) is 0.775. The van der Waals surface area contributed by atoms with Crippen LogP contribution in [-0.2, 0) is 5.60 Å². The first kappa shape index (κ1) is 11.5. The first-order valence-electron chi connectivity index (χ1n) is 6.12. The summed E-state index contributed by atoms with van der Waals surface area (Å²) in [6.45, 7) is 0. The van der Waals surface area contributed by atoms with Crippen molar-refractivity contribution >= 4 is 0 Å². The van der Waals surface area contributed by atoms with Gasteiger partial charge in [0.25, 0.3) is 0 Å². The van der Waals surface area contributed by atoms with E-state index in [2.05, 4.69) is 0 Å². The summed E-state index contributed by atoms with van der Waals surface area (Å²) in [7, 11) is 1.67. The summed E-state index contributed by atoms with van der Waals surface area (Å²) in [5, 5.41) is 10.8. The Balaban J connectivity index is 2.32. The lowest BCUT2D eigenvalue weighted by atomic mass is 9.86. The van der Waals surface area contributed by atoms with E-state index in [9.17, 15) is 5.11 Å². The minimum absolute atomic E-state index is 0.677. The van der Waals surface area contributed by atoms with Gasteiger partial charge in [-0.15, -0.1) is 0 Å². The second kappa shape index (κ2) is 4.88. The molecule has 88 valence electrons. The fourth-order valence-corrected chi connectivity index (χ4v) is 2.61. The molecule has 1 aliphatic carbocycles. The van der Waals surface area contributed by atoms with Crippen LogP contribution >= 0.6 is 0 Å². The number of benzene rings is 1. The van der Waals surface area contributed by atoms with Crippen LogP contribution in [0.4, 0.5) is 0 Å². The number of methoxy groups -OCH3 is 1. The zero-order chi connectivity index (χ0) is 11.4. The normalized spacial score (nSPS) is 20.1. The maximum Gasteiger partial charge on any atom is 0.124 e. The van der Waals surface area contributed by atoms with Gasteiger partial charge in [0, 0.05) is 5.56 Å². The third-order valence-electron chi connectivity index (χ3n) is 3.54. The van der Waals surface area contributed by atoms with E-state index in [4.69, 9.17) is 4.74 Å². The number of aliphatic hydroxyl groups is 1. The predicted octanol–water partition coefficient (Wildman–Crippen LogP) is 3.24. The van der Waals surface area contributed by atoms with E-state index >= 15 is 0 Å². The summed E-state index contributed by atoms with van der Waals surface area (Å²) in [5.41, 5.74) is 0.280. The Labute approximate surface area is 97.3 Å². The SMILES string of the molecule is COc1ccccc1C1(O)CCCCCC1. The summed E-state index contributed by atoms with van der Waals surface area (Å²) in [6.07, 6.45) is 6.39. The molecule has 1 N–H and O–H groups in total. The molecule has 0 saturated heterocycles. The molecule has 0 radical (unpaired) electrons. The van der Waals surface area contributed by atoms with Gasteiger partial charge in [-0.3, -0.25) is 0 Å². The molecule has 1 saturated carbocycles. The van der Waals surface area contributed by atoms with Crippen molar-refractivity contribution in [3.63, 3.8) is 0 Å². The highest BCUT2D eigenvalue weighted by Crippen LogP contribution is 2.39. The molecule has 0 spiro atoms. The number of hydrogen-bond acceptors (Lipinski definition) is 2. The number of ether oxygens (including phenoxy) is 1. The average molecular weight is 220 g/mol. The Morgan fingerprint density at radius 1 is 1.06 bits per heavy atom. The molecule has 2 rings (SSSR count). The van der Waals surface area contributed by atoms with E-state index in [0.29, 0.717) is 0 Å². The minimum atomic E-state index is -0.677. The van der Waals surface area contributed by atoms with E-state index in [1.807, 2.05) is 24.3 Å². The Morgan fingerprint density at radius 2 is 1.69 bits per heavy atom. The summed E-state index contributed by atoms with van der Waals surface area (Å²) in [6, 6.07) is 7.84. The van der Waals surface area contributed by atoms with Crippen molar-refractivity contribution in [2.75, 3.05) is 7.11 Å². The van der Waals surface area contributed by atoms with Gasteiger partial charge in [-0.2, -0.15) is 0 Å². The van der Waals surface area contributed by atoms with Gasteiger partial charge in [-0.05, 0) is 18.9 Å². The van der Waals surface area contributed by atoms with Crippen LogP contribution in [0.15, 0.2) is 24.3 Å². The standard InChI is InChI=1S/C14H20O2/c1-16-13-9-5-4-8-12(13)14(15)10-6-2-3-7-11-14/h4-5,8-9,15H,2-3,6-7,10-11H2,1H3. The molecule has 1 fully saturated rings. The monoisotopic (exact) mass is 220 g/mol. The van der Waals surface area contributed by atoms with Crippen LogP contribution in [0, 0.1) is 0 Å². The van der Waals surface area contributed by atoms with Crippen LogP contribution in [0.3, 0.4) is 0 Å². The third kappa shape index (κ3) is 2.22. The molecule has 0 atom stereocenters. The molecule has 2 nitrogen and oxygen atoms in total. The number of para-hydroxylation sites is 1. The molecule has 1 aromatic carbocycles. The molecule has 1 aliphatic rings. The zero-order valence-electron chi connectivity index (χ0n) is 9.91. The lowest BCUT2D eigenvalue weighted by molar-refractivity contribution is 0.0185. The van der Waals surface area contributed by atoms with Gasteiger partial charge < -0.3 is 9.84 Å². The summed E-state index contributed by atoms with van der Waals surface area (Å²) < 4.78 is 5.34. The van der Waals surface area contributed by atoms with Crippen LogP contribution in [-0.4, -0.2) is 12.2 Å². The van der Waals surface area contributed by atoms with Gasteiger partial charge >= 0.3 is 0 Å². The van der Waals surface area contributed by atoms with E-state index in [0.717, 1.165) is 37.0 Å². The molecule has 0 aromatic heterocycles.